The fourth-order valence-corrected chi connectivity index (χ4v) is 5.12. The van der Waals surface area contributed by atoms with Crippen LogP contribution in [-0.4, -0.2) is 40.7 Å². The van der Waals surface area contributed by atoms with Gasteiger partial charge in [0.25, 0.3) is 0 Å². The molecule has 8 heteroatoms. The lowest BCUT2D eigenvalue weighted by Crippen LogP contribution is -2.26. The highest BCUT2D eigenvalue weighted by Crippen LogP contribution is 2.37. The van der Waals surface area contributed by atoms with Crippen molar-refractivity contribution in [3.63, 3.8) is 0 Å². The number of halogens is 1. The second-order valence-electron chi connectivity index (χ2n) is 9.47. The molecule has 2 N–H and O–H groups in total. The molecule has 1 aliphatic rings. The lowest BCUT2D eigenvalue weighted by molar-refractivity contribution is -0.0375. The fraction of sp³-hybridized carbons (Fsp3) is 0.290. The van der Waals surface area contributed by atoms with E-state index >= 15 is 4.39 Å². The molecule has 5 rings (SSSR count). The third kappa shape index (κ3) is 5.96. The van der Waals surface area contributed by atoms with E-state index in [1.807, 2.05) is 60.7 Å². The Bertz CT molecular complexity index is 1460. The molecule has 1 atom stereocenters. The standard InChI is InChI=1S/C31H32FN3O4/c1-2-25(21-8-4-3-5-9-21)29(22-11-14-24(15-12-22)38-19-17-33-31(36)37)23-13-16-27-26(20-23)30(32)34-35(27)28-10-6-7-18-39-28/h3-5,8-9,11-16,20,28,33H,2,6-7,10,17-19H2,1H3,(H,36,37)/b29-25+. The van der Waals surface area contributed by atoms with E-state index in [1.54, 1.807) is 4.68 Å². The summed E-state index contributed by atoms with van der Waals surface area (Å²) in [4.78, 5) is 10.7. The number of nitrogens with one attached hydrogen (secondary N) is 1. The van der Waals surface area contributed by atoms with Crippen LogP contribution in [-0.2, 0) is 4.74 Å². The number of benzene rings is 3. The van der Waals surface area contributed by atoms with Crippen LogP contribution in [0.1, 0.15) is 55.5 Å². The van der Waals surface area contributed by atoms with Gasteiger partial charge in [0.15, 0.2) is 6.23 Å². The number of nitrogens with zero attached hydrogens (tertiary/aromatic N) is 2. The third-order valence-corrected chi connectivity index (χ3v) is 6.95. The Morgan fingerprint density at radius 3 is 2.54 bits per heavy atom. The fourth-order valence-electron chi connectivity index (χ4n) is 5.12. The number of allylic oxidation sites excluding steroid dienone is 1. The monoisotopic (exact) mass is 529 g/mol. The number of amides is 1. The molecule has 3 aromatic carbocycles. The van der Waals surface area contributed by atoms with E-state index in [0.717, 1.165) is 59.0 Å². The number of fused-ring (bicyclic) bond motifs is 1. The molecule has 0 bridgehead atoms. The maximum Gasteiger partial charge on any atom is 0.404 e. The number of hydrogen-bond donors (Lipinski definition) is 2. The molecule has 2 heterocycles. The molecule has 202 valence electrons. The molecule has 1 aliphatic heterocycles. The van der Waals surface area contributed by atoms with Gasteiger partial charge in [-0.15, -0.1) is 5.10 Å². The molecule has 4 aromatic rings. The van der Waals surface area contributed by atoms with Crippen LogP contribution in [0.25, 0.3) is 22.0 Å². The van der Waals surface area contributed by atoms with Gasteiger partial charge in [-0.25, -0.2) is 9.48 Å². The summed E-state index contributed by atoms with van der Waals surface area (Å²) in [5, 5.41) is 15.7. The highest BCUT2D eigenvalue weighted by atomic mass is 19.1. The van der Waals surface area contributed by atoms with Crippen molar-refractivity contribution < 1.29 is 23.8 Å². The lowest BCUT2D eigenvalue weighted by Gasteiger charge is -2.23. The van der Waals surface area contributed by atoms with Crippen LogP contribution in [0.15, 0.2) is 72.8 Å². The summed E-state index contributed by atoms with van der Waals surface area (Å²) in [5.41, 5.74) is 5.82. The summed E-state index contributed by atoms with van der Waals surface area (Å²) < 4.78 is 28.5. The number of hydrogen-bond acceptors (Lipinski definition) is 4. The lowest BCUT2D eigenvalue weighted by atomic mass is 9.88. The van der Waals surface area contributed by atoms with Crippen molar-refractivity contribution in [1.29, 1.82) is 0 Å². The first-order valence-corrected chi connectivity index (χ1v) is 13.3. The maximum atomic E-state index is 15.2. The zero-order valence-electron chi connectivity index (χ0n) is 21.9. The van der Waals surface area contributed by atoms with Gasteiger partial charge in [0.1, 0.15) is 12.4 Å². The van der Waals surface area contributed by atoms with Crippen molar-refractivity contribution >= 4 is 28.1 Å². The van der Waals surface area contributed by atoms with E-state index in [-0.39, 0.29) is 19.4 Å². The van der Waals surface area contributed by atoms with Crippen molar-refractivity contribution in [2.45, 2.75) is 38.8 Å². The molecule has 7 nitrogen and oxygen atoms in total. The van der Waals surface area contributed by atoms with E-state index in [4.69, 9.17) is 14.6 Å². The number of rotatable bonds is 9. The molecule has 1 saturated heterocycles. The highest BCUT2D eigenvalue weighted by molar-refractivity contribution is 6.00. The second kappa shape index (κ2) is 12.1. The van der Waals surface area contributed by atoms with Crippen LogP contribution < -0.4 is 10.1 Å². The van der Waals surface area contributed by atoms with Gasteiger partial charge >= 0.3 is 6.09 Å². The SMILES string of the molecule is CC/C(=C(/c1ccc(OCCNC(=O)O)cc1)c1ccc2c(c1)c(F)nn2C1CCCCO1)c1ccccc1. The van der Waals surface area contributed by atoms with E-state index in [2.05, 4.69) is 29.5 Å². The maximum absolute atomic E-state index is 15.2. The number of ether oxygens (including phenoxy) is 2. The van der Waals surface area contributed by atoms with Gasteiger partial charge in [-0.2, -0.15) is 4.39 Å². The molecule has 0 saturated carbocycles. The van der Waals surface area contributed by atoms with Gasteiger partial charge in [-0.1, -0.05) is 55.5 Å². The molecular formula is C31H32FN3O4. The van der Waals surface area contributed by atoms with Crippen molar-refractivity contribution in [1.82, 2.24) is 15.1 Å². The minimum Gasteiger partial charge on any atom is -0.492 e. The van der Waals surface area contributed by atoms with Crippen molar-refractivity contribution in [2.24, 2.45) is 0 Å². The Balaban J connectivity index is 1.55. The molecule has 0 radical (unpaired) electrons. The van der Waals surface area contributed by atoms with E-state index in [0.29, 0.717) is 17.7 Å². The predicted octanol–water partition coefficient (Wildman–Crippen LogP) is 6.89. The average molecular weight is 530 g/mol. The Morgan fingerprint density at radius 1 is 1.08 bits per heavy atom. The van der Waals surface area contributed by atoms with Gasteiger partial charge in [-0.3, -0.25) is 0 Å². The zero-order chi connectivity index (χ0) is 27.2. The first-order valence-electron chi connectivity index (χ1n) is 13.3. The van der Waals surface area contributed by atoms with Crippen LogP contribution >= 0.6 is 0 Å². The molecule has 1 amide bonds. The predicted molar refractivity (Wildman–Crippen MR) is 149 cm³/mol. The Hall–Kier alpha value is -4.17. The summed E-state index contributed by atoms with van der Waals surface area (Å²) in [5.74, 6) is 0.134. The minimum atomic E-state index is -1.08. The normalized spacial score (nSPS) is 16.1. The van der Waals surface area contributed by atoms with Gasteiger partial charge in [-0.05, 0) is 77.8 Å². The van der Waals surface area contributed by atoms with Gasteiger partial charge in [0.05, 0.1) is 17.4 Å². The minimum absolute atomic E-state index is 0.196. The van der Waals surface area contributed by atoms with Gasteiger partial charge in [0.2, 0.25) is 5.95 Å². The zero-order valence-corrected chi connectivity index (χ0v) is 21.9. The van der Waals surface area contributed by atoms with Crippen LogP contribution in [0.3, 0.4) is 0 Å². The Kier molecular flexibility index (Phi) is 8.22. The summed E-state index contributed by atoms with van der Waals surface area (Å²) in [6.07, 6.45) is 2.30. The highest BCUT2D eigenvalue weighted by Gasteiger charge is 2.22. The average Bonchev–Trinajstić information content (AvgIpc) is 3.31. The smallest absolute Gasteiger partial charge is 0.404 e. The summed E-state index contributed by atoms with van der Waals surface area (Å²) >= 11 is 0. The molecule has 0 aliphatic carbocycles. The van der Waals surface area contributed by atoms with Crippen molar-refractivity contribution in [2.75, 3.05) is 19.8 Å². The van der Waals surface area contributed by atoms with E-state index < -0.39 is 12.0 Å². The molecule has 39 heavy (non-hydrogen) atoms. The Morgan fingerprint density at radius 2 is 1.85 bits per heavy atom. The van der Waals surface area contributed by atoms with Crippen LogP contribution in [0.2, 0.25) is 0 Å². The second-order valence-corrected chi connectivity index (χ2v) is 9.47. The third-order valence-electron chi connectivity index (χ3n) is 6.95. The van der Waals surface area contributed by atoms with Crippen LogP contribution in [0.4, 0.5) is 9.18 Å². The van der Waals surface area contributed by atoms with Gasteiger partial charge < -0.3 is 19.9 Å². The molecule has 1 unspecified atom stereocenters. The molecule has 1 aromatic heterocycles. The number of carbonyl (C=O) groups is 1. The molecular weight excluding hydrogens is 497 g/mol. The van der Waals surface area contributed by atoms with Crippen LogP contribution in [0, 0.1) is 5.95 Å². The first-order chi connectivity index (χ1) is 19.0. The molecule has 1 fully saturated rings. The summed E-state index contributed by atoms with van der Waals surface area (Å²) in [7, 11) is 0. The van der Waals surface area contributed by atoms with Crippen LogP contribution in [0.5, 0.6) is 5.75 Å². The number of carboxylic acid groups (broad SMARTS) is 1. The molecule has 0 spiro atoms. The van der Waals surface area contributed by atoms with Gasteiger partial charge in [0, 0.05) is 6.61 Å². The summed E-state index contributed by atoms with van der Waals surface area (Å²) in [6, 6.07) is 23.7. The van der Waals surface area contributed by atoms with Crippen molar-refractivity contribution in [3.05, 3.63) is 95.4 Å². The topological polar surface area (TPSA) is 85.6 Å². The largest absolute Gasteiger partial charge is 0.492 e. The number of aromatic nitrogens is 2. The summed E-state index contributed by atoms with van der Waals surface area (Å²) in [6.45, 7) is 3.20. The van der Waals surface area contributed by atoms with E-state index in [1.165, 1.54) is 0 Å². The van der Waals surface area contributed by atoms with Crippen molar-refractivity contribution in [3.8, 4) is 5.75 Å². The van der Waals surface area contributed by atoms with E-state index in [9.17, 15) is 4.79 Å². The Labute approximate surface area is 226 Å². The quantitative estimate of drug-likeness (QED) is 0.182. The first kappa shape index (κ1) is 26.4.